The summed E-state index contributed by atoms with van der Waals surface area (Å²) >= 11 is 1.81. The fraction of sp³-hybridized carbons (Fsp3) is 0.700. The van der Waals surface area contributed by atoms with Crippen molar-refractivity contribution in [2.45, 2.75) is 39.7 Å². The van der Waals surface area contributed by atoms with E-state index in [1.165, 1.54) is 9.88 Å². The van der Waals surface area contributed by atoms with Gasteiger partial charge in [-0.1, -0.05) is 27.7 Å². The number of thiazole rings is 1. The van der Waals surface area contributed by atoms with Crippen molar-refractivity contribution in [3.8, 4) is 0 Å². The van der Waals surface area contributed by atoms with Gasteiger partial charge in [-0.2, -0.15) is 0 Å². The molecule has 0 aliphatic rings. The zero-order chi connectivity index (χ0) is 9.90. The highest BCUT2D eigenvalue weighted by atomic mass is 32.1. The van der Waals surface area contributed by atoms with Gasteiger partial charge in [0.2, 0.25) is 0 Å². The van der Waals surface area contributed by atoms with Gasteiger partial charge >= 0.3 is 0 Å². The Morgan fingerprint density at radius 1 is 1.46 bits per heavy atom. The van der Waals surface area contributed by atoms with Crippen LogP contribution in [0.1, 0.15) is 37.6 Å². The van der Waals surface area contributed by atoms with Gasteiger partial charge in [-0.15, -0.1) is 11.3 Å². The van der Waals surface area contributed by atoms with Crippen LogP contribution in [0.3, 0.4) is 0 Å². The molecule has 13 heavy (non-hydrogen) atoms. The summed E-state index contributed by atoms with van der Waals surface area (Å²) < 4.78 is 0. The Morgan fingerprint density at radius 2 is 2.15 bits per heavy atom. The zero-order valence-corrected chi connectivity index (χ0v) is 9.66. The predicted octanol–water partition coefficient (Wildman–Crippen LogP) is 2.55. The third-order valence-electron chi connectivity index (χ3n) is 1.74. The van der Waals surface area contributed by atoms with Crippen molar-refractivity contribution in [2.24, 2.45) is 0 Å². The molecule has 2 nitrogen and oxygen atoms in total. The van der Waals surface area contributed by atoms with Crippen LogP contribution >= 0.6 is 11.3 Å². The smallest absolute Gasteiger partial charge is 0.0981 e. The lowest BCUT2D eigenvalue weighted by Crippen LogP contribution is -2.10. The van der Waals surface area contributed by atoms with Gasteiger partial charge in [-0.05, 0) is 6.54 Å². The largest absolute Gasteiger partial charge is 0.312 e. The van der Waals surface area contributed by atoms with Crippen molar-refractivity contribution in [3.63, 3.8) is 0 Å². The van der Waals surface area contributed by atoms with Crippen molar-refractivity contribution in [3.05, 3.63) is 16.1 Å². The molecule has 0 fully saturated rings. The van der Waals surface area contributed by atoms with Crippen LogP contribution in [-0.4, -0.2) is 11.5 Å². The summed E-state index contributed by atoms with van der Waals surface area (Å²) in [5.74, 6) is 0. The number of aromatic nitrogens is 1. The van der Waals surface area contributed by atoms with Crippen LogP contribution in [0.25, 0.3) is 0 Å². The molecule has 1 N–H and O–H groups in total. The highest BCUT2D eigenvalue weighted by Gasteiger charge is 2.17. The van der Waals surface area contributed by atoms with E-state index < -0.39 is 0 Å². The van der Waals surface area contributed by atoms with Gasteiger partial charge < -0.3 is 5.32 Å². The minimum Gasteiger partial charge on any atom is -0.312 e. The molecule has 1 aromatic rings. The average molecular weight is 198 g/mol. The molecule has 1 aromatic heterocycles. The highest BCUT2D eigenvalue weighted by molar-refractivity contribution is 7.11. The van der Waals surface area contributed by atoms with E-state index in [0.29, 0.717) is 0 Å². The molecule has 0 aromatic carbocycles. The molecule has 0 aliphatic carbocycles. The average Bonchev–Trinajstić information content (AvgIpc) is 2.47. The maximum Gasteiger partial charge on any atom is 0.0981 e. The van der Waals surface area contributed by atoms with Crippen LogP contribution in [0.4, 0.5) is 0 Å². The summed E-state index contributed by atoms with van der Waals surface area (Å²) in [6.45, 7) is 10.7. The van der Waals surface area contributed by atoms with Crippen LogP contribution in [0.15, 0.2) is 6.20 Å². The topological polar surface area (TPSA) is 24.9 Å². The summed E-state index contributed by atoms with van der Waals surface area (Å²) in [5, 5.41) is 4.52. The van der Waals surface area contributed by atoms with Gasteiger partial charge in [0, 0.05) is 23.0 Å². The molecular formula is C10H18N2S. The highest BCUT2D eigenvalue weighted by Crippen LogP contribution is 2.26. The lowest BCUT2D eigenvalue weighted by Gasteiger charge is -2.13. The molecular weight excluding hydrogens is 180 g/mol. The van der Waals surface area contributed by atoms with Crippen molar-refractivity contribution in [1.29, 1.82) is 0 Å². The Balaban J connectivity index is 2.64. The van der Waals surface area contributed by atoms with E-state index in [-0.39, 0.29) is 5.41 Å². The van der Waals surface area contributed by atoms with Crippen LogP contribution in [0, 0.1) is 0 Å². The first-order valence-corrected chi connectivity index (χ1v) is 5.51. The molecule has 3 heteroatoms. The normalized spacial score (nSPS) is 12.0. The number of nitrogens with one attached hydrogen (secondary N) is 1. The lowest BCUT2D eigenvalue weighted by molar-refractivity contribution is 0.585. The third kappa shape index (κ3) is 3.08. The summed E-state index contributed by atoms with van der Waals surface area (Å²) in [7, 11) is 0. The SMILES string of the molecule is CCNCc1cnc(C(C)(C)C)s1. The molecule has 0 aliphatic heterocycles. The maximum absolute atomic E-state index is 4.42. The van der Waals surface area contributed by atoms with Crippen molar-refractivity contribution < 1.29 is 0 Å². The Morgan fingerprint density at radius 3 is 2.62 bits per heavy atom. The van der Waals surface area contributed by atoms with E-state index in [9.17, 15) is 0 Å². The Labute approximate surface area is 84.4 Å². The summed E-state index contributed by atoms with van der Waals surface area (Å²) in [4.78, 5) is 5.74. The van der Waals surface area contributed by atoms with Gasteiger partial charge in [0.1, 0.15) is 0 Å². The second-order valence-corrected chi connectivity index (χ2v) is 5.28. The molecule has 0 saturated carbocycles. The van der Waals surface area contributed by atoms with E-state index >= 15 is 0 Å². The molecule has 74 valence electrons. The molecule has 0 saturated heterocycles. The summed E-state index contributed by atoms with van der Waals surface area (Å²) in [5.41, 5.74) is 0.190. The Hall–Kier alpha value is -0.410. The fourth-order valence-electron chi connectivity index (χ4n) is 0.984. The first-order valence-electron chi connectivity index (χ1n) is 4.70. The van der Waals surface area contributed by atoms with E-state index in [4.69, 9.17) is 0 Å². The van der Waals surface area contributed by atoms with E-state index in [0.717, 1.165) is 13.1 Å². The molecule has 0 radical (unpaired) electrons. The minimum atomic E-state index is 0.190. The molecule has 0 amide bonds. The first kappa shape index (κ1) is 10.7. The fourth-order valence-corrected chi connectivity index (χ4v) is 1.92. The second kappa shape index (κ2) is 4.20. The van der Waals surface area contributed by atoms with Gasteiger partial charge in [0.25, 0.3) is 0 Å². The Bertz CT molecular complexity index is 260. The van der Waals surface area contributed by atoms with Gasteiger partial charge in [0.05, 0.1) is 5.01 Å². The minimum absolute atomic E-state index is 0.190. The van der Waals surface area contributed by atoms with Gasteiger partial charge in [-0.3, -0.25) is 0 Å². The predicted molar refractivity (Wildman–Crippen MR) is 58.2 cm³/mol. The molecule has 0 spiro atoms. The zero-order valence-electron chi connectivity index (χ0n) is 8.85. The third-order valence-corrected chi connectivity index (χ3v) is 3.17. The summed E-state index contributed by atoms with van der Waals surface area (Å²) in [6, 6.07) is 0. The number of hydrogen-bond donors (Lipinski definition) is 1. The molecule has 0 atom stereocenters. The molecule has 1 rings (SSSR count). The second-order valence-electron chi connectivity index (χ2n) is 4.16. The van der Waals surface area contributed by atoms with Crippen LogP contribution in [0.5, 0.6) is 0 Å². The van der Waals surface area contributed by atoms with Gasteiger partial charge in [-0.25, -0.2) is 4.98 Å². The molecule has 0 bridgehead atoms. The van der Waals surface area contributed by atoms with Crippen molar-refractivity contribution >= 4 is 11.3 Å². The van der Waals surface area contributed by atoms with Crippen LogP contribution in [-0.2, 0) is 12.0 Å². The summed E-state index contributed by atoms with van der Waals surface area (Å²) in [6.07, 6.45) is 1.98. The van der Waals surface area contributed by atoms with Gasteiger partial charge in [0.15, 0.2) is 0 Å². The van der Waals surface area contributed by atoms with E-state index in [1.54, 1.807) is 11.3 Å². The quantitative estimate of drug-likeness (QED) is 0.807. The monoisotopic (exact) mass is 198 g/mol. The van der Waals surface area contributed by atoms with Crippen LogP contribution < -0.4 is 5.32 Å². The number of hydrogen-bond acceptors (Lipinski definition) is 3. The number of nitrogens with zero attached hydrogens (tertiary/aromatic N) is 1. The Kier molecular flexibility index (Phi) is 3.45. The molecule has 1 heterocycles. The maximum atomic E-state index is 4.42. The van der Waals surface area contributed by atoms with Crippen molar-refractivity contribution in [2.75, 3.05) is 6.54 Å². The molecule has 0 unspecified atom stereocenters. The number of rotatable bonds is 3. The van der Waals surface area contributed by atoms with Crippen molar-refractivity contribution in [1.82, 2.24) is 10.3 Å². The van der Waals surface area contributed by atoms with E-state index in [2.05, 4.69) is 38.0 Å². The van der Waals surface area contributed by atoms with Crippen LogP contribution in [0.2, 0.25) is 0 Å². The standard InChI is InChI=1S/C10H18N2S/c1-5-11-6-8-7-12-9(13-8)10(2,3)4/h7,11H,5-6H2,1-4H3. The lowest BCUT2D eigenvalue weighted by atomic mass is 9.98. The first-order chi connectivity index (χ1) is 6.04. The van der Waals surface area contributed by atoms with E-state index in [1.807, 2.05) is 6.20 Å².